The van der Waals surface area contributed by atoms with E-state index < -0.39 is 29.5 Å². The van der Waals surface area contributed by atoms with Crippen LogP contribution in [0.2, 0.25) is 0 Å². The summed E-state index contributed by atoms with van der Waals surface area (Å²) in [5, 5.41) is 16.2. The maximum atomic E-state index is 14.8. The molecule has 0 aliphatic heterocycles. The van der Waals surface area contributed by atoms with E-state index in [1.165, 1.54) is 35.7 Å². The highest BCUT2D eigenvalue weighted by molar-refractivity contribution is 7.22. The van der Waals surface area contributed by atoms with Gasteiger partial charge in [0.15, 0.2) is 5.78 Å². The van der Waals surface area contributed by atoms with Crippen LogP contribution in [0.3, 0.4) is 0 Å². The molecule has 256 valence electrons. The summed E-state index contributed by atoms with van der Waals surface area (Å²) in [6.45, 7) is 4.34. The Morgan fingerprint density at radius 3 is 2.00 bits per heavy atom. The van der Waals surface area contributed by atoms with E-state index in [-0.39, 0.29) is 41.7 Å². The van der Waals surface area contributed by atoms with Crippen LogP contribution in [0.25, 0.3) is 20.7 Å². The normalized spacial score (nSPS) is 11.1. The number of carboxylic acids is 2. The SMILES string of the molecule is CC(C)C(=O)c1cn(Cc2c(F)cccc2F)c2sc(-c3ccc(N)cc3)c(CN(C)Cc3ccccc3)c2c1=O.O=C(O)CCC(=O)O. The summed E-state index contributed by atoms with van der Waals surface area (Å²) in [7, 11) is 1.97. The summed E-state index contributed by atoms with van der Waals surface area (Å²) in [5.41, 5.74) is 8.82. The number of carboxylic acid groups (broad SMARTS) is 2. The van der Waals surface area contributed by atoms with E-state index in [1.807, 2.05) is 49.5 Å². The van der Waals surface area contributed by atoms with Gasteiger partial charge in [-0.05, 0) is 48.0 Å². The highest BCUT2D eigenvalue weighted by atomic mass is 32.1. The Kier molecular flexibility index (Phi) is 12.2. The molecule has 0 fully saturated rings. The van der Waals surface area contributed by atoms with Gasteiger partial charge < -0.3 is 20.5 Å². The number of hydrogen-bond acceptors (Lipinski definition) is 7. The first-order valence-electron chi connectivity index (χ1n) is 15.4. The van der Waals surface area contributed by atoms with Crippen molar-refractivity contribution in [2.75, 3.05) is 12.8 Å². The topological polar surface area (TPSA) is 143 Å². The van der Waals surface area contributed by atoms with Gasteiger partial charge in [-0.2, -0.15) is 0 Å². The lowest BCUT2D eigenvalue weighted by molar-refractivity contribution is -0.143. The molecule has 0 saturated carbocycles. The number of nitrogen functional groups attached to an aromatic ring is 1. The van der Waals surface area contributed by atoms with Crippen molar-refractivity contribution in [1.82, 2.24) is 9.47 Å². The van der Waals surface area contributed by atoms with Gasteiger partial charge in [0.25, 0.3) is 0 Å². The van der Waals surface area contributed by atoms with Gasteiger partial charge in [0.05, 0.1) is 30.3 Å². The highest BCUT2D eigenvalue weighted by Gasteiger charge is 2.26. The lowest BCUT2D eigenvalue weighted by Gasteiger charge is -2.18. The number of carbonyl (C=O) groups is 3. The molecule has 49 heavy (non-hydrogen) atoms. The van der Waals surface area contributed by atoms with E-state index in [0.29, 0.717) is 29.0 Å². The molecule has 0 bridgehead atoms. The molecule has 12 heteroatoms. The first-order chi connectivity index (χ1) is 23.3. The van der Waals surface area contributed by atoms with E-state index in [9.17, 15) is 28.0 Å². The molecule has 5 aromatic rings. The van der Waals surface area contributed by atoms with Gasteiger partial charge in [0, 0.05) is 41.3 Å². The van der Waals surface area contributed by atoms with Gasteiger partial charge in [0.1, 0.15) is 16.5 Å². The predicted octanol–water partition coefficient (Wildman–Crippen LogP) is 7.05. The molecule has 3 aromatic carbocycles. The molecule has 0 unspecified atom stereocenters. The molecule has 2 heterocycles. The maximum Gasteiger partial charge on any atom is 0.303 e. The second kappa shape index (κ2) is 16.3. The van der Waals surface area contributed by atoms with Crippen molar-refractivity contribution in [1.29, 1.82) is 0 Å². The van der Waals surface area contributed by atoms with Crippen LogP contribution < -0.4 is 11.2 Å². The molecule has 9 nitrogen and oxygen atoms in total. The Bertz CT molecular complexity index is 1990. The lowest BCUT2D eigenvalue weighted by Crippen LogP contribution is -2.24. The second-order valence-corrected chi connectivity index (χ2v) is 12.9. The average Bonchev–Trinajstić information content (AvgIpc) is 3.43. The number of ketones is 1. The Morgan fingerprint density at radius 1 is 0.857 bits per heavy atom. The number of pyridine rings is 1. The van der Waals surface area contributed by atoms with Crippen molar-refractivity contribution >= 4 is 45.0 Å². The summed E-state index contributed by atoms with van der Waals surface area (Å²) in [6, 6.07) is 21.1. The number of nitrogens with zero attached hydrogens (tertiary/aromatic N) is 2. The fraction of sp³-hybridized carbons (Fsp3) is 0.243. The number of halogens is 2. The Morgan fingerprint density at radius 2 is 1.45 bits per heavy atom. The highest BCUT2D eigenvalue weighted by Crippen LogP contribution is 2.39. The van der Waals surface area contributed by atoms with Crippen molar-refractivity contribution in [3.8, 4) is 10.4 Å². The number of Topliss-reactive ketones (excluding diaryl/α,β-unsaturated/α-hetero) is 1. The maximum absolute atomic E-state index is 14.8. The summed E-state index contributed by atoms with van der Waals surface area (Å²) in [4.78, 5) is 50.1. The number of benzene rings is 3. The van der Waals surface area contributed by atoms with Crippen molar-refractivity contribution in [2.45, 2.75) is 46.3 Å². The van der Waals surface area contributed by atoms with E-state index in [0.717, 1.165) is 21.6 Å². The predicted molar refractivity (Wildman–Crippen MR) is 187 cm³/mol. The zero-order valence-corrected chi connectivity index (χ0v) is 28.1. The minimum atomic E-state index is -1.08. The molecule has 0 atom stereocenters. The Labute approximate surface area is 285 Å². The lowest BCUT2D eigenvalue weighted by atomic mass is 9.99. The third-order valence-corrected chi connectivity index (χ3v) is 8.95. The van der Waals surface area contributed by atoms with E-state index in [4.69, 9.17) is 15.9 Å². The number of aromatic nitrogens is 1. The number of thiophene rings is 1. The Hall–Kier alpha value is -5.20. The quantitative estimate of drug-likeness (QED) is 0.0935. The first-order valence-corrected chi connectivity index (χ1v) is 16.3. The summed E-state index contributed by atoms with van der Waals surface area (Å²) in [5.74, 6) is -4.28. The molecule has 0 radical (unpaired) electrons. The Balaban J connectivity index is 0.000000603. The fourth-order valence-corrected chi connectivity index (χ4v) is 6.50. The average molecular weight is 690 g/mol. The van der Waals surface area contributed by atoms with Crippen molar-refractivity contribution in [3.63, 3.8) is 0 Å². The number of anilines is 1. The van der Waals surface area contributed by atoms with Crippen LogP contribution in [0.15, 0.2) is 83.8 Å². The first kappa shape index (κ1) is 36.6. The zero-order valence-electron chi connectivity index (χ0n) is 27.3. The summed E-state index contributed by atoms with van der Waals surface area (Å²) >= 11 is 1.37. The van der Waals surface area contributed by atoms with Gasteiger partial charge in [-0.1, -0.05) is 62.4 Å². The number of hydrogen-bond donors (Lipinski definition) is 3. The number of rotatable bonds is 12. The molecular weight excluding hydrogens is 652 g/mol. The molecule has 0 amide bonds. The molecule has 5 rings (SSSR count). The molecule has 0 aliphatic rings. The zero-order chi connectivity index (χ0) is 35.8. The number of fused-ring (bicyclic) bond motifs is 1. The van der Waals surface area contributed by atoms with Crippen LogP contribution in [-0.2, 0) is 29.2 Å². The van der Waals surface area contributed by atoms with Gasteiger partial charge in [-0.3, -0.25) is 24.1 Å². The number of aliphatic carboxylic acids is 2. The summed E-state index contributed by atoms with van der Waals surface area (Å²) in [6.07, 6.45) is 0.865. The van der Waals surface area contributed by atoms with Gasteiger partial charge in [-0.25, -0.2) is 8.78 Å². The van der Waals surface area contributed by atoms with Crippen LogP contribution >= 0.6 is 11.3 Å². The second-order valence-electron chi connectivity index (χ2n) is 11.9. The molecule has 4 N–H and O–H groups in total. The van der Waals surface area contributed by atoms with Gasteiger partial charge in [-0.15, -0.1) is 11.3 Å². The van der Waals surface area contributed by atoms with Crippen LogP contribution in [0.4, 0.5) is 14.5 Å². The largest absolute Gasteiger partial charge is 0.481 e. The molecular formula is C37H37F2N3O6S. The monoisotopic (exact) mass is 689 g/mol. The van der Waals surface area contributed by atoms with Crippen LogP contribution in [0.1, 0.15) is 53.7 Å². The summed E-state index contributed by atoms with van der Waals surface area (Å²) < 4.78 is 31.2. The van der Waals surface area contributed by atoms with E-state index in [1.54, 1.807) is 30.5 Å². The fourth-order valence-electron chi connectivity index (χ4n) is 5.21. The minimum Gasteiger partial charge on any atom is -0.481 e. The van der Waals surface area contributed by atoms with Crippen LogP contribution in [-0.4, -0.2) is 44.4 Å². The van der Waals surface area contributed by atoms with E-state index in [2.05, 4.69) is 4.90 Å². The number of carbonyl (C=O) groups excluding carboxylic acids is 1. The van der Waals surface area contributed by atoms with Crippen LogP contribution in [0, 0.1) is 17.6 Å². The number of nitrogens with two attached hydrogens (primary N) is 1. The molecule has 0 saturated heterocycles. The molecule has 2 aromatic heterocycles. The third-order valence-electron chi connectivity index (χ3n) is 7.63. The van der Waals surface area contributed by atoms with Crippen molar-refractivity contribution in [2.24, 2.45) is 5.92 Å². The smallest absolute Gasteiger partial charge is 0.303 e. The molecule has 0 aliphatic carbocycles. The van der Waals surface area contributed by atoms with E-state index >= 15 is 0 Å². The molecule has 0 spiro atoms. The van der Waals surface area contributed by atoms with Crippen LogP contribution in [0.5, 0.6) is 0 Å². The van der Waals surface area contributed by atoms with Crippen molar-refractivity contribution < 1.29 is 33.4 Å². The van der Waals surface area contributed by atoms with Gasteiger partial charge in [0.2, 0.25) is 5.43 Å². The van der Waals surface area contributed by atoms with Crippen molar-refractivity contribution in [3.05, 3.63) is 123 Å². The third kappa shape index (κ3) is 9.24. The van der Waals surface area contributed by atoms with Gasteiger partial charge >= 0.3 is 11.9 Å². The minimum absolute atomic E-state index is 0.0119. The standard InChI is InChI=1S/C33H31F2N3O2S.C4H6O4/c1-20(2)30(39)26-19-38(18-24-27(34)10-7-11-28(24)35)33-29(31(26)40)25(17-37(3)16-21-8-5-4-6-9-21)32(41-33)22-12-14-23(36)15-13-22;5-3(6)1-2-4(7)8/h4-15,19-20H,16-18,36H2,1-3H3;1-2H2,(H,5,6)(H,7,8).